The zero-order valence-corrected chi connectivity index (χ0v) is 10.5. The van der Waals surface area contributed by atoms with E-state index < -0.39 is 0 Å². The third kappa shape index (κ3) is 3.07. The predicted molar refractivity (Wildman–Crippen MR) is 70.9 cm³/mol. The minimum absolute atomic E-state index is 0.289. The Bertz CT molecular complexity index is 530. The van der Waals surface area contributed by atoms with Crippen molar-refractivity contribution in [2.24, 2.45) is 0 Å². The van der Waals surface area contributed by atoms with E-state index >= 15 is 0 Å². The second-order valence-corrected chi connectivity index (χ2v) is 3.96. The first kappa shape index (κ1) is 12.6. The van der Waals surface area contributed by atoms with Gasteiger partial charge in [-0.1, -0.05) is 11.6 Å². The van der Waals surface area contributed by atoms with Gasteiger partial charge < -0.3 is 10.6 Å². The topological polar surface area (TPSA) is 49.8 Å². The normalized spacial score (nSPS) is 10.2. The molecule has 0 saturated heterocycles. The largest absolute Gasteiger partial charge is 0.354 e. The van der Waals surface area contributed by atoms with Crippen LogP contribution in [0.2, 0.25) is 5.02 Å². The van der Waals surface area contributed by atoms with E-state index in [1.807, 2.05) is 6.92 Å². The molecule has 1 heterocycles. The molecule has 0 fully saturated rings. The number of aromatic nitrogens is 2. The Hall–Kier alpha value is -1.88. The van der Waals surface area contributed by atoms with Gasteiger partial charge in [-0.15, -0.1) is 0 Å². The summed E-state index contributed by atoms with van der Waals surface area (Å²) in [4.78, 5) is 8.25. The van der Waals surface area contributed by atoms with Gasteiger partial charge in [0.1, 0.15) is 10.8 Å². The third-order valence-corrected chi connectivity index (χ3v) is 2.46. The Morgan fingerprint density at radius 3 is 2.67 bits per heavy atom. The molecule has 0 aliphatic rings. The van der Waals surface area contributed by atoms with Crippen molar-refractivity contribution in [3.05, 3.63) is 41.3 Å². The highest BCUT2D eigenvalue weighted by atomic mass is 35.5. The second kappa shape index (κ2) is 5.64. The van der Waals surface area contributed by atoms with Crippen LogP contribution in [0.15, 0.2) is 30.5 Å². The molecule has 2 aromatic rings. The Morgan fingerprint density at radius 2 is 2.00 bits per heavy atom. The molecule has 0 spiro atoms. The molecule has 6 heteroatoms. The highest BCUT2D eigenvalue weighted by Gasteiger charge is 2.05. The van der Waals surface area contributed by atoms with Crippen LogP contribution in [0.5, 0.6) is 0 Å². The van der Waals surface area contributed by atoms with Gasteiger partial charge in [-0.05, 0) is 31.2 Å². The van der Waals surface area contributed by atoms with Crippen LogP contribution < -0.4 is 10.6 Å². The van der Waals surface area contributed by atoms with Crippen molar-refractivity contribution in [3.63, 3.8) is 0 Å². The number of nitrogens with zero attached hydrogens (tertiary/aromatic N) is 2. The lowest BCUT2D eigenvalue weighted by Crippen LogP contribution is -2.04. The van der Waals surface area contributed by atoms with Crippen LogP contribution in [0, 0.1) is 5.82 Å². The highest BCUT2D eigenvalue weighted by molar-refractivity contribution is 6.32. The van der Waals surface area contributed by atoms with Gasteiger partial charge in [-0.25, -0.2) is 9.37 Å². The molecule has 0 atom stereocenters. The maximum absolute atomic E-state index is 12.8. The molecule has 18 heavy (non-hydrogen) atoms. The maximum Gasteiger partial charge on any atom is 0.224 e. The molecule has 0 amide bonds. The van der Waals surface area contributed by atoms with Crippen LogP contribution in [-0.2, 0) is 0 Å². The quantitative estimate of drug-likeness (QED) is 0.890. The van der Waals surface area contributed by atoms with E-state index in [2.05, 4.69) is 20.6 Å². The Labute approximate surface area is 109 Å². The molecule has 1 aromatic heterocycles. The molecule has 0 saturated carbocycles. The van der Waals surface area contributed by atoms with E-state index in [0.29, 0.717) is 22.5 Å². The van der Waals surface area contributed by atoms with Gasteiger partial charge in [-0.2, -0.15) is 4.98 Å². The van der Waals surface area contributed by atoms with Gasteiger partial charge in [-0.3, -0.25) is 0 Å². The molecule has 4 nitrogen and oxygen atoms in total. The molecule has 0 aliphatic heterocycles. The van der Waals surface area contributed by atoms with E-state index in [0.717, 1.165) is 6.54 Å². The van der Waals surface area contributed by atoms with Crippen molar-refractivity contribution in [3.8, 4) is 0 Å². The number of hydrogen-bond acceptors (Lipinski definition) is 4. The van der Waals surface area contributed by atoms with Crippen molar-refractivity contribution < 1.29 is 4.39 Å². The van der Waals surface area contributed by atoms with Crippen molar-refractivity contribution >= 4 is 29.1 Å². The van der Waals surface area contributed by atoms with Gasteiger partial charge >= 0.3 is 0 Å². The van der Waals surface area contributed by atoms with Crippen LogP contribution in [-0.4, -0.2) is 16.5 Å². The van der Waals surface area contributed by atoms with E-state index in [4.69, 9.17) is 11.6 Å². The fraction of sp³-hybridized carbons (Fsp3) is 0.167. The fourth-order valence-electron chi connectivity index (χ4n) is 1.37. The van der Waals surface area contributed by atoms with Gasteiger partial charge in [0, 0.05) is 12.2 Å². The van der Waals surface area contributed by atoms with Crippen molar-refractivity contribution in [2.75, 3.05) is 17.2 Å². The number of rotatable bonds is 4. The number of benzene rings is 1. The Morgan fingerprint density at radius 1 is 1.28 bits per heavy atom. The smallest absolute Gasteiger partial charge is 0.224 e. The summed E-state index contributed by atoms with van der Waals surface area (Å²) in [5.74, 6) is 0.684. The molecule has 0 radical (unpaired) electrons. The summed E-state index contributed by atoms with van der Waals surface area (Å²) in [6, 6.07) is 5.95. The monoisotopic (exact) mass is 266 g/mol. The molecule has 94 valence electrons. The van der Waals surface area contributed by atoms with E-state index in [1.165, 1.54) is 18.3 Å². The molecular formula is C12H12ClFN4. The zero-order valence-electron chi connectivity index (χ0n) is 9.74. The second-order valence-electron chi connectivity index (χ2n) is 3.55. The van der Waals surface area contributed by atoms with Crippen LogP contribution in [0.4, 0.5) is 21.8 Å². The Kier molecular flexibility index (Phi) is 3.94. The van der Waals surface area contributed by atoms with E-state index in [-0.39, 0.29) is 5.82 Å². The summed E-state index contributed by atoms with van der Waals surface area (Å²) in [5.41, 5.74) is 0.708. The average Bonchev–Trinajstić information content (AvgIpc) is 2.36. The van der Waals surface area contributed by atoms with E-state index in [1.54, 1.807) is 12.1 Å². The molecule has 1 aromatic carbocycles. The van der Waals surface area contributed by atoms with Crippen LogP contribution >= 0.6 is 11.6 Å². The average molecular weight is 267 g/mol. The first-order chi connectivity index (χ1) is 8.69. The first-order valence-electron chi connectivity index (χ1n) is 5.48. The minimum Gasteiger partial charge on any atom is -0.354 e. The predicted octanol–water partition coefficient (Wildman–Crippen LogP) is 3.44. The highest BCUT2D eigenvalue weighted by Crippen LogP contribution is 2.23. The third-order valence-electron chi connectivity index (χ3n) is 2.19. The molecular weight excluding hydrogens is 255 g/mol. The van der Waals surface area contributed by atoms with Gasteiger partial charge in [0.25, 0.3) is 0 Å². The molecule has 0 unspecified atom stereocenters. The van der Waals surface area contributed by atoms with Crippen molar-refractivity contribution in [2.45, 2.75) is 6.92 Å². The van der Waals surface area contributed by atoms with Gasteiger partial charge in [0.05, 0.1) is 6.20 Å². The lowest BCUT2D eigenvalue weighted by Gasteiger charge is -2.09. The molecule has 2 rings (SSSR count). The number of nitrogens with one attached hydrogen (secondary N) is 2. The maximum atomic E-state index is 12.8. The summed E-state index contributed by atoms with van der Waals surface area (Å²) in [5, 5.41) is 6.40. The lowest BCUT2D eigenvalue weighted by molar-refractivity contribution is 0.628. The molecule has 2 N–H and O–H groups in total. The van der Waals surface area contributed by atoms with Crippen LogP contribution in [0.1, 0.15) is 6.92 Å². The molecule has 0 bridgehead atoms. The van der Waals surface area contributed by atoms with Crippen molar-refractivity contribution in [1.29, 1.82) is 0 Å². The summed E-state index contributed by atoms with van der Waals surface area (Å²) < 4.78 is 12.8. The summed E-state index contributed by atoms with van der Waals surface area (Å²) in [6.45, 7) is 2.67. The SMILES string of the molecule is CCNc1ncc(Cl)c(Nc2ccc(F)cc2)n1. The molecule has 0 aliphatic carbocycles. The lowest BCUT2D eigenvalue weighted by atomic mass is 10.3. The number of halogens is 2. The van der Waals surface area contributed by atoms with E-state index in [9.17, 15) is 4.39 Å². The standard InChI is InChI=1S/C12H12ClFN4/c1-2-15-12-16-7-10(13)11(18-12)17-9-5-3-8(14)4-6-9/h3-7H,2H2,1H3,(H2,15,16,17,18). The number of hydrogen-bond donors (Lipinski definition) is 2. The summed E-state index contributed by atoms with van der Waals surface area (Å²) >= 11 is 5.99. The zero-order chi connectivity index (χ0) is 13.0. The van der Waals surface area contributed by atoms with Crippen LogP contribution in [0.25, 0.3) is 0 Å². The fourth-order valence-corrected chi connectivity index (χ4v) is 1.51. The van der Waals surface area contributed by atoms with Crippen molar-refractivity contribution in [1.82, 2.24) is 9.97 Å². The number of anilines is 3. The van der Waals surface area contributed by atoms with Gasteiger partial charge in [0.15, 0.2) is 5.82 Å². The van der Waals surface area contributed by atoms with Crippen LogP contribution in [0.3, 0.4) is 0 Å². The van der Waals surface area contributed by atoms with Gasteiger partial charge in [0.2, 0.25) is 5.95 Å². The first-order valence-corrected chi connectivity index (χ1v) is 5.86. The summed E-state index contributed by atoms with van der Waals surface area (Å²) in [7, 11) is 0. The summed E-state index contributed by atoms with van der Waals surface area (Å²) in [6.07, 6.45) is 1.51. The minimum atomic E-state index is -0.289. The Balaban J connectivity index is 2.22.